The number of nitrogens with one attached hydrogen (secondary N) is 2. The monoisotopic (exact) mass is 369 g/mol. The molecule has 0 aliphatic heterocycles. The predicted octanol–water partition coefficient (Wildman–Crippen LogP) is 3.28. The fourth-order valence-electron chi connectivity index (χ4n) is 2.20. The van der Waals surface area contributed by atoms with Crippen LogP contribution in [0.2, 0.25) is 0 Å². The maximum atomic E-state index is 12.7. The minimum atomic E-state index is -4.37. The molecule has 0 aliphatic rings. The van der Waals surface area contributed by atoms with Crippen molar-refractivity contribution in [1.29, 1.82) is 0 Å². The third-order valence-electron chi connectivity index (χ3n) is 3.70. The summed E-state index contributed by atoms with van der Waals surface area (Å²) in [6.07, 6.45) is -4.37. The van der Waals surface area contributed by atoms with Crippen LogP contribution in [0.4, 0.5) is 13.2 Å². The SMILES string of the molecule is CN=C(NCC#Cc1cccc(C(F)(F)F)c1)NCC(OC)C(C)(C)C. The van der Waals surface area contributed by atoms with Crippen LogP contribution in [0.3, 0.4) is 0 Å². The van der Waals surface area contributed by atoms with E-state index in [1.165, 1.54) is 6.07 Å². The van der Waals surface area contributed by atoms with E-state index in [4.69, 9.17) is 4.74 Å². The summed E-state index contributed by atoms with van der Waals surface area (Å²) in [5.41, 5.74) is -0.413. The van der Waals surface area contributed by atoms with E-state index in [0.717, 1.165) is 12.1 Å². The number of guanidine groups is 1. The third-order valence-corrected chi connectivity index (χ3v) is 3.70. The Labute approximate surface area is 153 Å². The number of benzene rings is 1. The van der Waals surface area contributed by atoms with Gasteiger partial charge in [-0.05, 0) is 23.6 Å². The summed E-state index contributed by atoms with van der Waals surface area (Å²) in [5.74, 6) is 6.06. The standard InChI is InChI=1S/C19H26F3N3O/c1-18(2,3)16(26-5)13-25-17(23-4)24-11-7-9-14-8-6-10-15(12-14)19(20,21)22/h6,8,10,12,16H,11,13H2,1-5H3,(H2,23,24,25). The van der Waals surface area contributed by atoms with Gasteiger partial charge in [0.25, 0.3) is 0 Å². The molecule has 0 heterocycles. The van der Waals surface area contributed by atoms with Gasteiger partial charge < -0.3 is 15.4 Å². The van der Waals surface area contributed by atoms with E-state index in [2.05, 4.69) is 48.2 Å². The third kappa shape index (κ3) is 7.36. The van der Waals surface area contributed by atoms with Gasteiger partial charge in [0.2, 0.25) is 0 Å². The van der Waals surface area contributed by atoms with Crippen LogP contribution in [0, 0.1) is 17.3 Å². The molecule has 1 atom stereocenters. The zero-order valence-corrected chi connectivity index (χ0v) is 15.8. The molecule has 7 heteroatoms. The lowest BCUT2D eigenvalue weighted by atomic mass is 9.89. The van der Waals surface area contributed by atoms with Gasteiger partial charge in [-0.15, -0.1) is 0 Å². The lowest BCUT2D eigenvalue weighted by Crippen LogP contribution is -2.45. The molecule has 1 rings (SSSR count). The summed E-state index contributed by atoms with van der Waals surface area (Å²) in [7, 11) is 3.29. The highest BCUT2D eigenvalue weighted by Gasteiger charge is 2.30. The maximum Gasteiger partial charge on any atom is 0.416 e. The molecule has 0 spiro atoms. The van der Waals surface area contributed by atoms with E-state index in [1.54, 1.807) is 20.2 Å². The highest BCUT2D eigenvalue weighted by molar-refractivity contribution is 5.79. The fourth-order valence-corrected chi connectivity index (χ4v) is 2.20. The molecule has 1 unspecified atom stereocenters. The van der Waals surface area contributed by atoms with Gasteiger partial charge in [0.15, 0.2) is 5.96 Å². The first kappa shape index (κ1) is 21.8. The molecule has 0 bridgehead atoms. The van der Waals surface area contributed by atoms with Crippen LogP contribution in [0.1, 0.15) is 31.9 Å². The predicted molar refractivity (Wildman–Crippen MR) is 97.9 cm³/mol. The van der Waals surface area contributed by atoms with Crippen LogP contribution in [-0.4, -0.2) is 39.3 Å². The Balaban J connectivity index is 2.58. The second kappa shape index (κ2) is 9.48. The van der Waals surface area contributed by atoms with E-state index < -0.39 is 11.7 Å². The van der Waals surface area contributed by atoms with Crippen LogP contribution in [-0.2, 0) is 10.9 Å². The number of aliphatic imine (C=N–C) groups is 1. The van der Waals surface area contributed by atoms with Crippen molar-refractivity contribution in [3.8, 4) is 11.8 Å². The van der Waals surface area contributed by atoms with E-state index in [9.17, 15) is 13.2 Å². The summed E-state index contributed by atoms with van der Waals surface area (Å²) in [5, 5.41) is 6.15. The molecular formula is C19H26F3N3O. The fraction of sp³-hybridized carbons (Fsp3) is 0.526. The number of nitrogens with zero attached hydrogens (tertiary/aromatic N) is 1. The number of methoxy groups -OCH3 is 1. The average molecular weight is 369 g/mol. The van der Waals surface area contributed by atoms with E-state index in [0.29, 0.717) is 18.1 Å². The van der Waals surface area contributed by atoms with Crippen molar-refractivity contribution in [2.45, 2.75) is 33.1 Å². The van der Waals surface area contributed by atoms with Gasteiger partial charge in [0, 0.05) is 26.3 Å². The Kier molecular flexibility index (Phi) is 7.97. The Morgan fingerprint density at radius 2 is 1.92 bits per heavy atom. The van der Waals surface area contributed by atoms with Gasteiger partial charge in [0.05, 0.1) is 18.2 Å². The van der Waals surface area contributed by atoms with Gasteiger partial charge in [0.1, 0.15) is 0 Å². The molecule has 0 amide bonds. The zero-order chi connectivity index (χ0) is 19.8. The summed E-state index contributed by atoms with van der Waals surface area (Å²) >= 11 is 0. The molecule has 144 valence electrons. The molecule has 26 heavy (non-hydrogen) atoms. The summed E-state index contributed by atoms with van der Waals surface area (Å²) in [6, 6.07) is 4.95. The van der Waals surface area contributed by atoms with Gasteiger partial charge in [-0.1, -0.05) is 38.7 Å². The second-order valence-electron chi connectivity index (χ2n) is 6.78. The van der Waals surface area contributed by atoms with Crippen LogP contribution >= 0.6 is 0 Å². The normalized spacial score (nSPS) is 13.6. The van der Waals surface area contributed by atoms with Crippen molar-refractivity contribution in [2.75, 3.05) is 27.2 Å². The highest BCUT2D eigenvalue weighted by atomic mass is 19.4. The maximum absolute atomic E-state index is 12.7. The van der Waals surface area contributed by atoms with Crippen molar-refractivity contribution in [1.82, 2.24) is 10.6 Å². The minimum Gasteiger partial charge on any atom is -0.379 e. The molecule has 0 aromatic heterocycles. The number of halogens is 3. The van der Waals surface area contributed by atoms with Crippen molar-refractivity contribution in [2.24, 2.45) is 10.4 Å². The molecule has 0 aliphatic carbocycles. The molecular weight excluding hydrogens is 343 g/mol. The van der Waals surface area contributed by atoms with Crippen LogP contribution in [0.25, 0.3) is 0 Å². The molecule has 4 nitrogen and oxygen atoms in total. The molecule has 1 aromatic rings. The first-order valence-corrected chi connectivity index (χ1v) is 8.21. The lowest BCUT2D eigenvalue weighted by Gasteiger charge is -2.29. The first-order valence-electron chi connectivity index (χ1n) is 8.21. The van der Waals surface area contributed by atoms with Gasteiger partial charge in [-0.25, -0.2) is 0 Å². The summed E-state index contributed by atoms with van der Waals surface area (Å²) in [4.78, 5) is 4.09. The number of ether oxygens (including phenoxy) is 1. The second-order valence-corrected chi connectivity index (χ2v) is 6.78. The minimum absolute atomic E-state index is 0.00255. The van der Waals surface area contributed by atoms with Crippen molar-refractivity contribution in [3.63, 3.8) is 0 Å². The van der Waals surface area contributed by atoms with Crippen LogP contribution in [0.5, 0.6) is 0 Å². The molecule has 0 saturated heterocycles. The summed E-state index contributed by atoms with van der Waals surface area (Å²) in [6.45, 7) is 7.07. The van der Waals surface area contributed by atoms with Crippen molar-refractivity contribution in [3.05, 3.63) is 35.4 Å². The Morgan fingerprint density at radius 1 is 1.23 bits per heavy atom. The summed E-state index contributed by atoms with van der Waals surface area (Å²) < 4.78 is 43.5. The van der Waals surface area contributed by atoms with Crippen LogP contribution < -0.4 is 10.6 Å². The Morgan fingerprint density at radius 3 is 2.46 bits per heavy atom. The largest absolute Gasteiger partial charge is 0.416 e. The van der Waals surface area contributed by atoms with E-state index >= 15 is 0 Å². The van der Waals surface area contributed by atoms with E-state index in [1.807, 2.05) is 0 Å². The number of hydrogen-bond donors (Lipinski definition) is 2. The molecule has 2 N–H and O–H groups in total. The quantitative estimate of drug-likeness (QED) is 0.486. The van der Waals surface area contributed by atoms with Crippen LogP contribution in [0.15, 0.2) is 29.3 Å². The zero-order valence-electron chi connectivity index (χ0n) is 15.8. The number of alkyl halides is 3. The van der Waals surface area contributed by atoms with Gasteiger partial charge >= 0.3 is 6.18 Å². The number of hydrogen-bond acceptors (Lipinski definition) is 2. The van der Waals surface area contributed by atoms with Crippen molar-refractivity contribution >= 4 is 5.96 Å². The van der Waals surface area contributed by atoms with Crippen molar-refractivity contribution < 1.29 is 17.9 Å². The Hall–Kier alpha value is -2.20. The van der Waals surface area contributed by atoms with Gasteiger partial charge in [-0.2, -0.15) is 13.2 Å². The first-order chi connectivity index (χ1) is 12.1. The highest BCUT2D eigenvalue weighted by Crippen LogP contribution is 2.29. The smallest absolute Gasteiger partial charge is 0.379 e. The molecule has 0 saturated carbocycles. The topological polar surface area (TPSA) is 45.7 Å². The van der Waals surface area contributed by atoms with Gasteiger partial charge in [-0.3, -0.25) is 4.99 Å². The number of rotatable bonds is 4. The van der Waals surface area contributed by atoms with E-state index in [-0.39, 0.29) is 18.1 Å². The Bertz CT molecular complexity index is 667. The lowest BCUT2D eigenvalue weighted by molar-refractivity contribution is -0.137. The molecule has 0 fully saturated rings. The average Bonchev–Trinajstić information content (AvgIpc) is 2.55. The molecule has 0 radical (unpaired) electrons. The molecule has 1 aromatic carbocycles.